The first-order valence-electron chi connectivity index (χ1n) is 7.44. The topological polar surface area (TPSA) is 30.5 Å². The molecule has 0 bridgehead atoms. The van der Waals surface area contributed by atoms with E-state index in [2.05, 4.69) is 17.0 Å². The van der Waals surface area contributed by atoms with Crippen molar-refractivity contribution in [2.45, 2.75) is 51.8 Å². The Morgan fingerprint density at radius 2 is 2.14 bits per heavy atom. The molecule has 1 aromatic carbocycles. The van der Waals surface area contributed by atoms with E-state index in [4.69, 9.17) is 4.74 Å². The summed E-state index contributed by atoms with van der Waals surface area (Å²) in [5.74, 6) is 1.19. The van der Waals surface area contributed by atoms with Gasteiger partial charge < -0.3 is 14.8 Å². The molecular weight excluding hydrogens is 276 g/mol. The zero-order valence-electron chi connectivity index (χ0n) is 12.6. The lowest BCUT2D eigenvalue weighted by Gasteiger charge is -2.28. The molecule has 21 heavy (non-hydrogen) atoms. The van der Waals surface area contributed by atoms with Crippen LogP contribution in [0, 0.1) is 5.92 Å². The molecule has 5 heteroatoms. The average molecular weight is 299 g/mol. The van der Waals surface area contributed by atoms with Crippen molar-refractivity contribution in [3.05, 3.63) is 23.8 Å². The van der Waals surface area contributed by atoms with E-state index in [1.807, 2.05) is 0 Å². The van der Waals surface area contributed by atoms with Crippen molar-refractivity contribution in [1.82, 2.24) is 5.32 Å². The molecule has 0 radical (unpaired) electrons. The Morgan fingerprint density at radius 1 is 1.33 bits per heavy atom. The summed E-state index contributed by atoms with van der Waals surface area (Å²) in [7, 11) is 1.45. The highest BCUT2D eigenvalue weighted by Crippen LogP contribution is 2.33. The smallest absolute Gasteiger partial charge is 0.387 e. The molecule has 2 unspecified atom stereocenters. The van der Waals surface area contributed by atoms with Crippen molar-refractivity contribution in [2.75, 3.05) is 7.11 Å². The minimum Gasteiger partial charge on any atom is -0.493 e. The molecule has 0 amide bonds. The fraction of sp³-hybridized carbons (Fsp3) is 0.625. The standard InChI is InChI=1S/C16H23F2NO2/c1-11-5-3-7-13(9-11)19-10-12-6-4-8-14(20-2)15(12)21-16(17)18/h4,6,8,11,13,16,19H,3,5,7,9-10H2,1-2H3. The molecule has 3 nitrogen and oxygen atoms in total. The van der Waals surface area contributed by atoms with Gasteiger partial charge in [0.1, 0.15) is 0 Å². The summed E-state index contributed by atoms with van der Waals surface area (Å²) in [6.07, 6.45) is 4.77. The van der Waals surface area contributed by atoms with E-state index in [1.54, 1.807) is 18.2 Å². The van der Waals surface area contributed by atoms with Crippen LogP contribution in [0.2, 0.25) is 0 Å². The molecule has 1 N–H and O–H groups in total. The largest absolute Gasteiger partial charge is 0.493 e. The van der Waals surface area contributed by atoms with Crippen LogP contribution in [0.4, 0.5) is 8.78 Å². The molecule has 118 valence electrons. The minimum atomic E-state index is -2.85. The molecule has 0 saturated heterocycles. The molecule has 2 atom stereocenters. The second-order valence-electron chi connectivity index (χ2n) is 5.68. The third-order valence-electron chi connectivity index (χ3n) is 4.00. The summed E-state index contributed by atoms with van der Waals surface area (Å²) in [6, 6.07) is 5.65. The highest BCUT2D eigenvalue weighted by atomic mass is 19.3. The molecule has 1 saturated carbocycles. The van der Waals surface area contributed by atoms with Gasteiger partial charge >= 0.3 is 6.61 Å². The summed E-state index contributed by atoms with van der Waals surface area (Å²) in [5.41, 5.74) is 0.702. The van der Waals surface area contributed by atoms with Gasteiger partial charge in [0.2, 0.25) is 0 Å². The maximum atomic E-state index is 12.6. The zero-order valence-corrected chi connectivity index (χ0v) is 12.6. The van der Waals surface area contributed by atoms with Gasteiger partial charge in [0.15, 0.2) is 11.5 Å². The van der Waals surface area contributed by atoms with Gasteiger partial charge in [0, 0.05) is 18.2 Å². The van der Waals surface area contributed by atoms with Crippen LogP contribution in [0.1, 0.15) is 38.2 Å². The second-order valence-corrected chi connectivity index (χ2v) is 5.68. The number of alkyl halides is 2. The van der Waals surface area contributed by atoms with Crippen molar-refractivity contribution in [1.29, 1.82) is 0 Å². The van der Waals surface area contributed by atoms with Crippen LogP contribution in [0.25, 0.3) is 0 Å². The van der Waals surface area contributed by atoms with E-state index in [-0.39, 0.29) is 5.75 Å². The monoisotopic (exact) mass is 299 g/mol. The highest BCUT2D eigenvalue weighted by Gasteiger charge is 2.20. The average Bonchev–Trinajstić information content (AvgIpc) is 2.45. The van der Waals surface area contributed by atoms with Gasteiger partial charge in [-0.1, -0.05) is 31.9 Å². The Kier molecular flexibility index (Phi) is 5.79. The third-order valence-corrected chi connectivity index (χ3v) is 4.00. The van der Waals surface area contributed by atoms with E-state index in [0.717, 1.165) is 18.8 Å². The first kappa shape index (κ1) is 16.0. The van der Waals surface area contributed by atoms with Crippen LogP contribution in [0.3, 0.4) is 0 Å². The number of ether oxygens (including phenoxy) is 2. The fourth-order valence-corrected chi connectivity index (χ4v) is 2.96. The van der Waals surface area contributed by atoms with Crippen LogP contribution < -0.4 is 14.8 Å². The van der Waals surface area contributed by atoms with Crippen molar-refractivity contribution >= 4 is 0 Å². The van der Waals surface area contributed by atoms with Crippen molar-refractivity contribution < 1.29 is 18.3 Å². The van der Waals surface area contributed by atoms with Gasteiger partial charge in [-0.2, -0.15) is 8.78 Å². The summed E-state index contributed by atoms with van der Waals surface area (Å²) in [5, 5.41) is 3.45. The first-order valence-corrected chi connectivity index (χ1v) is 7.44. The number of hydrogen-bond donors (Lipinski definition) is 1. The molecule has 2 rings (SSSR count). The van der Waals surface area contributed by atoms with Crippen LogP contribution in [-0.4, -0.2) is 19.8 Å². The lowest BCUT2D eigenvalue weighted by atomic mass is 9.87. The molecule has 1 aliphatic rings. The Balaban J connectivity index is 2.04. The van der Waals surface area contributed by atoms with Gasteiger partial charge in [-0.25, -0.2) is 0 Å². The molecular formula is C16H23F2NO2. The predicted molar refractivity (Wildman–Crippen MR) is 77.9 cm³/mol. The molecule has 1 fully saturated rings. The lowest BCUT2D eigenvalue weighted by Crippen LogP contribution is -2.33. The van der Waals surface area contributed by atoms with Crippen LogP contribution in [0.15, 0.2) is 18.2 Å². The van der Waals surface area contributed by atoms with E-state index in [9.17, 15) is 8.78 Å². The Labute approximate surface area is 124 Å². The number of halogens is 2. The quantitative estimate of drug-likeness (QED) is 0.862. The highest BCUT2D eigenvalue weighted by molar-refractivity contribution is 5.46. The van der Waals surface area contributed by atoms with Gasteiger partial charge in [-0.05, 0) is 24.8 Å². The van der Waals surface area contributed by atoms with Gasteiger partial charge in [-0.3, -0.25) is 0 Å². The number of rotatable bonds is 6. The lowest BCUT2D eigenvalue weighted by molar-refractivity contribution is -0.0519. The SMILES string of the molecule is COc1cccc(CNC2CCCC(C)C2)c1OC(F)F. The Bertz CT molecular complexity index is 454. The fourth-order valence-electron chi connectivity index (χ4n) is 2.96. The number of methoxy groups -OCH3 is 1. The Hall–Kier alpha value is -1.36. The van der Waals surface area contributed by atoms with E-state index in [0.29, 0.717) is 23.9 Å². The van der Waals surface area contributed by atoms with Crippen LogP contribution >= 0.6 is 0 Å². The zero-order chi connectivity index (χ0) is 15.2. The number of para-hydroxylation sites is 1. The van der Waals surface area contributed by atoms with Crippen LogP contribution in [-0.2, 0) is 6.54 Å². The number of hydrogen-bond acceptors (Lipinski definition) is 3. The number of benzene rings is 1. The summed E-state index contributed by atoms with van der Waals surface area (Å²) in [4.78, 5) is 0. The molecule has 0 aliphatic heterocycles. The predicted octanol–water partition coefficient (Wildman–Crippen LogP) is 3.96. The normalized spacial score (nSPS) is 22.3. The molecule has 1 aliphatic carbocycles. The van der Waals surface area contributed by atoms with Gasteiger partial charge in [0.05, 0.1) is 7.11 Å². The second kappa shape index (κ2) is 7.59. The third kappa shape index (κ3) is 4.56. The first-order chi connectivity index (χ1) is 10.1. The summed E-state index contributed by atoms with van der Waals surface area (Å²) >= 11 is 0. The molecule has 1 aromatic rings. The number of nitrogens with one attached hydrogen (secondary N) is 1. The van der Waals surface area contributed by atoms with Gasteiger partial charge in [-0.15, -0.1) is 0 Å². The molecule has 0 heterocycles. The summed E-state index contributed by atoms with van der Waals surface area (Å²) in [6.45, 7) is -0.0868. The maximum Gasteiger partial charge on any atom is 0.387 e. The van der Waals surface area contributed by atoms with Gasteiger partial charge in [0.25, 0.3) is 0 Å². The van der Waals surface area contributed by atoms with Crippen molar-refractivity contribution in [3.8, 4) is 11.5 Å². The Morgan fingerprint density at radius 3 is 2.81 bits per heavy atom. The molecule has 0 spiro atoms. The summed E-state index contributed by atoms with van der Waals surface area (Å²) < 4.78 is 34.9. The van der Waals surface area contributed by atoms with E-state index < -0.39 is 6.61 Å². The van der Waals surface area contributed by atoms with E-state index >= 15 is 0 Å². The minimum absolute atomic E-state index is 0.131. The molecule has 0 aromatic heterocycles. The van der Waals surface area contributed by atoms with Crippen LogP contribution in [0.5, 0.6) is 11.5 Å². The maximum absolute atomic E-state index is 12.6. The van der Waals surface area contributed by atoms with Crippen molar-refractivity contribution in [3.63, 3.8) is 0 Å². The van der Waals surface area contributed by atoms with E-state index in [1.165, 1.54) is 20.0 Å². The van der Waals surface area contributed by atoms with Crippen molar-refractivity contribution in [2.24, 2.45) is 5.92 Å².